The van der Waals surface area contributed by atoms with Gasteiger partial charge in [0, 0.05) is 17.4 Å². The van der Waals surface area contributed by atoms with Crippen LogP contribution in [0.3, 0.4) is 0 Å². The van der Waals surface area contributed by atoms with Crippen molar-refractivity contribution in [3.8, 4) is 22.8 Å². The molecule has 0 atom stereocenters. The van der Waals surface area contributed by atoms with Gasteiger partial charge >= 0.3 is 0 Å². The van der Waals surface area contributed by atoms with E-state index in [4.69, 9.17) is 9.47 Å². The minimum absolute atomic E-state index is 0.125. The lowest BCUT2D eigenvalue weighted by atomic mass is 9.49. The van der Waals surface area contributed by atoms with E-state index < -0.39 is 0 Å². The van der Waals surface area contributed by atoms with Gasteiger partial charge in [0.15, 0.2) is 16.6 Å². The summed E-state index contributed by atoms with van der Waals surface area (Å²) in [7, 11) is 3.25. The van der Waals surface area contributed by atoms with Crippen molar-refractivity contribution in [3.63, 3.8) is 0 Å². The number of ether oxygens (including phenoxy) is 2. The van der Waals surface area contributed by atoms with Gasteiger partial charge in [0.25, 0.3) is 0 Å². The Morgan fingerprint density at radius 3 is 2.38 bits per heavy atom. The van der Waals surface area contributed by atoms with Crippen LogP contribution in [-0.2, 0) is 4.79 Å². The Kier molecular flexibility index (Phi) is 4.77. The molecule has 1 N–H and O–H groups in total. The van der Waals surface area contributed by atoms with Crippen LogP contribution in [0, 0.1) is 23.2 Å². The fourth-order valence-corrected chi connectivity index (χ4v) is 7.21. The van der Waals surface area contributed by atoms with Gasteiger partial charge in [-0.2, -0.15) is 0 Å². The number of anilines is 1. The van der Waals surface area contributed by atoms with Gasteiger partial charge in [-0.1, -0.05) is 0 Å². The quantitative estimate of drug-likeness (QED) is 0.693. The number of hydrogen-bond acceptors (Lipinski definition) is 5. The molecule has 4 saturated carbocycles. The zero-order valence-electron chi connectivity index (χ0n) is 17.1. The summed E-state index contributed by atoms with van der Waals surface area (Å²) < 4.78 is 10.7. The van der Waals surface area contributed by atoms with Crippen LogP contribution in [0.2, 0.25) is 0 Å². The van der Waals surface area contributed by atoms with E-state index in [-0.39, 0.29) is 11.3 Å². The third-order valence-electron chi connectivity index (χ3n) is 7.13. The van der Waals surface area contributed by atoms with Crippen molar-refractivity contribution in [1.82, 2.24) is 4.98 Å². The Labute approximate surface area is 175 Å². The minimum atomic E-state index is 0.125. The summed E-state index contributed by atoms with van der Waals surface area (Å²) in [5, 5.41) is 5.72. The maximum absolute atomic E-state index is 12.8. The van der Waals surface area contributed by atoms with E-state index in [1.165, 1.54) is 49.9 Å². The number of aromatic nitrogens is 1. The molecule has 0 aliphatic heterocycles. The lowest BCUT2D eigenvalue weighted by molar-refractivity contribution is -0.124. The molecule has 4 aliphatic carbocycles. The van der Waals surface area contributed by atoms with Gasteiger partial charge in [0.2, 0.25) is 5.91 Å². The van der Waals surface area contributed by atoms with E-state index >= 15 is 0 Å². The molecule has 0 radical (unpaired) electrons. The molecule has 154 valence electrons. The first-order valence-electron chi connectivity index (χ1n) is 10.5. The topological polar surface area (TPSA) is 60.5 Å². The average molecular weight is 413 g/mol. The second kappa shape index (κ2) is 7.31. The number of rotatable bonds is 6. The third kappa shape index (κ3) is 3.63. The standard InChI is InChI=1S/C23H28N2O3S/c1-27-19-4-3-17(8-20(19)28-2)18-13-29-22(24-18)25-21(26)12-23-9-14-5-15(10-23)7-16(6-14)11-23/h3-4,8,13-16H,5-7,9-12H2,1-2H3,(H,24,25,26). The SMILES string of the molecule is COc1ccc(-c2csc(NC(=O)CC34CC5CC(CC(C5)C3)C4)n2)cc1OC. The van der Waals surface area contributed by atoms with Crippen molar-refractivity contribution < 1.29 is 14.3 Å². The Bertz CT molecular complexity index is 887. The lowest BCUT2D eigenvalue weighted by Crippen LogP contribution is -2.47. The van der Waals surface area contributed by atoms with Crippen LogP contribution in [0.5, 0.6) is 11.5 Å². The van der Waals surface area contributed by atoms with Crippen LogP contribution in [0.4, 0.5) is 5.13 Å². The van der Waals surface area contributed by atoms with Gasteiger partial charge in [0.1, 0.15) is 0 Å². The Hall–Kier alpha value is -2.08. The van der Waals surface area contributed by atoms with E-state index in [1.807, 2.05) is 23.6 Å². The zero-order chi connectivity index (χ0) is 20.0. The minimum Gasteiger partial charge on any atom is -0.493 e. The predicted molar refractivity (Wildman–Crippen MR) is 115 cm³/mol. The van der Waals surface area contributed by atoms with Crippen LogP contribution in [-0.4, -0.2) is 25.1 Å². The molecular weight excluding hydrogens is 384 g/mol. The van der Waals surface area contributed by atoms with Crippen LogP contribution < -0.4 is 14.8 Å². The van der Waals surface area contributed by atoms with E-state index in [2.05, 4.69) is 10.3 Å². The number of nitrogens with zero attached hydrogens (tertiary/aromatic N) is 1. The molecular formula is C23H28N2O3S. The molecule has 6 rings (SSSR count). The first-order valence-corrected chi connectivity index (χ1v) is 11.4. The molecule has 4 fully saturated rings. The molecule has 1 aromatic carbocycles. The number of benzene rings is 1. The molecule has 0 saturated heterocycles. The molecule has 1 heterocycles. The lowest BCUT2D eigenvalue weighted by Gasteiger charge is -2.56. The maximum Gasteiger partial charge on any atom is 0.226 e. The molecule has 5 nitrogen and oxygen atoms in total. The Balaban J connectivity index is 1.26. The number of nitrogens with one attached hydrogen (secondary N) is 1. The second-order valence-corrected chi connectivity index (χ2v) is 10.1. The zero-order valence-corrected chi connectivity index (χ0v) is 17.9. The predicted octanol–water partition coefficient (Wildman–Crippen LogP) is 5.37. The summed E-state index contributed by atoms with van der Waals surface area (Å²) in [6.45, 7) is 0. The maximum atomic E-state index is 12.8. The molecule has 1 aromatic heterocycles. The van der Waals surface area contributed by atoms with Crippen molar-refractivity contribution in [3.05, 3.63) is 23.6 Å². The molecule has 29 heavy (non-hydrogen) atoms. The van der Waals surface area contributed by atoms with Gasteiger partial charge in [-0.25, -0.2) is 4.98 Å². The van der Waals surface area contributed by atoms with E-state index in [0.29, 0.717) is 23.1 Å². The summed E-state index contributed by atoms with van der Waals surface area (Å²) in [5.41, 5.74) is 2.03. The van der Waals surface area contributed by atoms with Gasteiger partial charge in [-0.3, -0.25) is 4.79 Å². The molecule has 4 bridgehead atoms. The van der Waals surface area contributed by atoms with Crippen molar-refractivity contribution in [2.75, 3.05) is 19.5 Å². The largest absolute Gasteiger partial charge is 0.493 e. The third-order valence-corrected chi connectivity index (χ3v) is 7.89. The second-order valence-electron chi connectivity index (χ2n) is 9.25. The van der Waals surface area contributed by atoms with E-state index in [0.717, 1.165) is 29.0 Å². The van der Waals surface area contributed by atoms with Crippen molar-refractivity contribution in [2.45, 2.75) is 44.9 Å². The number of methoxy groups -OCH3 is 2. The fourth-order valence-electron chi connectivity index (χ4n) is 6.47. The first kappa shape index (κ1) is 18.9. The van der Waals surface area contributed by atoms with Gasteiger partial charge in [-0.05, 0) is 79.9 Å². The normalized spacial score (nSPS) is 29.7. The Morgan fingerprint density at radius 2 is 1.76 bits per heavy atom. The fraction of sp³-hybridized carbons (Fsp3) is 0.565. The highest BCUT2D eigenvalue weighted by molar-refractivity contribution is 7.14. The van der Waals surface area contributed by atoms with Crippen LogP contribution in [0.15, 0.2) is 23.6 Å². The highest BCUT2D eigenvalue weighted by atomic mass is 32.1. The van der Waals surface area contributed by atoms with Gasteiger partial charge in [0.05, 0.1) is 19.9 Å². The highest BCUT2D eigenvalue weighted by Gasteiger charge is 2.51. The number of carbonyl (C=O) groups excluding carboxylic acids is 1. The van der Waals surface area contributed by atoms with Gasteiger partial charge < -0.3 is 14.8 Å². The summed E-state index contributed by atoms with van der Waals surface area (Å²) in [4.78, 5) is 17.5. The molecule has 2 aromatic rings. The summed E-state index contributed by atoms with van der Waals surface area (Å²) in [6, 6.07) is 5.74. The van der Waals surface area contributed by atoms with Crippen LogP contribution >= 0.6 is 11.3 Å². The van der Waals surface area contributed by atoms with Crippen molar-refractivity contribution in [1.29, 1.82) is 0 Å². The van der Waals surface area contributed by atoms with Gasteiger partial charge in [-0.15, -0.1) is 11.3 Å². The molecule has 1 amide bonds. The highest BCUT2D eigenvalue weighted by Crippen LogP contribution is 2.61. The van der Waals surface area contributed by atoms with Crippen LogP contribution in [0.25, 0.3) is 11.3 Å². The van der Waals surface area contributed by atoms with Crippen molar-refractivity contribution >= 4 is 22.4 Å². The van der Waals surface area contributed by atoms with E-state index in [1.54, 1.807) is 14.2 Å². The first-order chi connectivity index (χ1) is 14.1. The summed E-state index contributed by atoms with van der Waals surface area (Å²) in [5.74, 6) is 4.09. The van der Waals surface area contributed by atoms with Crippen LogP contribution in [0.1, 0.15) is 44.9 Å². The molecule has 0 unspecified atom stereocenters. The molecule has 4 aliphatic rings. The number of hydrogen-bond donors (Lipinski definition) is 1. The van der Waals surface area contributed by atoms with E-state index in [9.17, 15) is 4.79 Å². The molecule has 6 heteroatoms. The smallest absolute Gasteiger partial charge is 0.226 e. The summed E-state index contributed by atoms with van der Waals surface area (Å²) in [6.07, 6.45) is 8.62. The Morgan fingerprint density at radius 1 is 1.10 bits per heavy atom. The number of thiazole rings is 1. The van der Waals surface area contributed by atoms with Crippen molar-refractivity contribution in [2.24, 2.45) is 23.2 Å². The number of amides is 1. The number of carbonyl (C=O) groups is 1. The monoisotopic (exact) mass is 412 g/mol. The average Bonchev–Trinajstić information content (AvgIpc) is 3.14. The summed E-state index contributed by atoms with van der Waals surface area (Å²) >= 11 is 1.47. The molecule has 0 spiro atoms.